The van der Waals surface area contributed by atoms with Crippen molar-refractivity contribution in [3.63, 3.8) is 0 Å². The SMILES string of the molecule is CC1=C([SiH2]c2ccccc2)C(C)C=C1c1cc(C)cc(C)c1. The molecule has 0 heterocycles. The summed E-state index contributed by atoms with van der Waals surface area (Å²) in [5, 5.41) is 3.24. The molecule has 2 aromatic carbocycles. The molecule has 3 rings (SSSR count). The topological polar surface area (TPSA) is 0 Å². The van der Waals surface area contributed by atoms with E-state index in [1.807, 2.05) is 0 Å². The third-order valence-corrected chi connectivity index (χ3v) is 7.06. The first-order valence-electron chi connectivity index (χ1n) is 8.09. The third-order valence-electron chi connectivity index (χ3n) is 4.62. The summed E-state index contributed by atoms with van der Waals surface area (Å²) < 4.78 is 0. The molecule has 0 radical (unpaired) electrons. The molecule has 0 saturated heterocycles. The van der Waals surface area contributed by atoms with Gasteiger partial charge in [0.25, 0.3) is 0 Å². The predicted molar refractivity (Wildman–Crippen MR) is 100 cm³/mol. The molecule has 0 saturated carbocycles. The zero-order valence-corrected chi connectivity index (χ0v) is 15.4. The van der Waals surface area contributed by atoms with Gasteiger partial charge >= 0.3 is 0 Å². The predicted octanol–water partition coefficient (Wildman–Crippen LogP) is 4.10. The molecule has 0 aliphatic heterocycles. The Balaban J connectivity index is 1.95. The summed E-state index contributed by atoms with van der Waals surface area (Å²) in [5.74, 6) is 0.586. The van der Waals surface area contributed by atoms with E-state index < -0.39 is 0 Å². The van der Waals surface area contributed by atoms with E-state index in [1.54, 1.807) is 10.4 Å². The average Bonchev–Trinajstić information content (AvgIpc) is 2.75. The van der Waals surface area contributed by atoms with Crippen LogP contribution < -0.4 is 5.19 Å². The highest BCUT2D eigenvalue weighted by atomic mass is 28.2. The lowest BCUT2D eigenvalue weighted by atomic mass is 9.98. The van der Waals surface area contributed by atoms with E-state index in [9.17, 15) is 0 Å². The molecule has 0 N–H and O–H groups in total. The van der Waals surface area contributed by atoms with E-state index in [0.29, 0.717) is 5.92 Å². The van der Waals surface area contributed by atoms with E-state index in [2.05, 4.69) is 82.3 Å². The van der Waals surface area contributed by atoms with Crippen LogP contribution in [0.5, 0.6) is 0 Å². The minimum atomic E-state index is -0.358. The van der Waals surface area contributed by atoms with Gasteiger partial charge in [-0.2, -0.15) is 0 Å². The van der Waals surface area contributed by atoms with Gasteiger partial charge in [0, 0.05) is 0 Å². The Bertz CT molecular complexity index is 730. The quantitative estimate of drug-likeness (QED) is 0.749. The second-order valence-corrected chi connectivity index (χ2v) is 8.49. The van der Waals surface area contributed by atoms with E-state index in [-0.39, 0.29) is 9.52 Å². The molecule has 1 heteroatoms. The Morgan fingerprint density at radius 2 is 1.50 bits per heavy atom. The smallest absolute Gasteiger partial charge is 0.0727 e. The van der Waals surface area contributed by atoms with Crippen molar-refractivity contribution in [2.45, 2.75) is 27.7 Å². The Labute approximate surface area is 136 Å². The van der Waals surface area contributed by atoms with Crippen LogP contribution in [0.2, 0.25) is 0 Å². The summed E-state index contributed by atoms with van der Waals surface area (Å²) in [5.41, 5.74) is 7.07. The number of aryl methyl sites for hydroxylation is 2. The summed E-state index contributed by atoms with van der Waals surface area (Å²) in [6.45, 7) is 9.05. The standard InChI is InChI=1S/C21H24Si/c1-14-10-15(2)12-18(11-14)20-13-16(3)21(17(20)4)22-19-8-6-5-7-9-19/h5-13,16H,22H2,1-4H3. The van der Waals surface area contributed by atoms with Crippen molar-refractivity contribution in [2.75, 3.05) is 0 Å². The summed E-state index contributed by atoms with van der Waals surface area (Å²) in [6, 6.07) is 17.9. The Morgan fingerprint density at radius 1 is 0.864 bits per heavy atom. The first-order valence-corrected chi connectivity index (χ1v) is 9.50. The van der Waals surface area contributed by atoms with Crippen molar-refractivity contribution in [1.82, 2.24) is 0 Å². The van der Waals surface area contributed by atoms with Crippen molar-refractivity contribution in [2.24, 2.45) is 5.92 Å². The second kappa shape index (κ2) is 6.10. The lowest BCUT2D eigenvalue weighted by molar-refractivity contribution is 0.930. The van der Waals surface area contributed by atoms with Crippen molar-refractivity contribution in [1.29, 1.82) is 0 Å². The molecular weight excluding hydrogens is 280 g/mol. The highest BCUT2D eigenvalue weighted by molar-refractivity contribution is 6.61. The zero-order chi connectivity index (χ0) is 15.7. The van der Waals surface area contributed by atoms with Crippen LogP contribution >= 0.6 is 0 Å². The molecular formula is C21H24Si. The molecule has 0 fully saturated rings. The summed E-state index contributed by atoms with van der Waals surface area (Å²) in [7, 11) is -0.358. The van der Waals surface area contributed by atoms with Crippen LogP contribution in [0.1, 0.15) is 30.5 Å². The third kappa shape index (κ3) is 3.00. The summed E-state index contributed by atoms with van der Waals surface area (Å²) >= 11 is 0. The number of hydrogen-bond donors (Lipinski definition) is 0. The molecule has 1 aliphatic carbocycles. The van der Waals surface area contributed by atoms with Crippen LogP contribution in [-0.4, -0.2) is 9.52 Å². The van der Waals surface area contributed by atoms with E-state index in [1.165, 1.54) is 27.8 Å². The maximum absolute atomic E-state index is 2.47. The van der Waals surface area contributed by atoms with Crippen LogP contribution in [0.4, 0.5) is 0 Å². The van der Waals surface area contributed by atoms with Crippen LogP contribution in [-0.2, 0) is 0 Å². The van der Waals surface area contributed by atoms with Gasteiger partial charge in [-0.15, -0.1) is 0 Å². The maximum atomic E-state index is 2.47. The minimum absolute atomic E-state index is 0.358. The Morgan fingerprint density at radius 3 is 2.14 bits per heavy atom. The van der Waals surface area contributed by atoms with E-state index in [4.69, 9.17) is 0 Å². The molecule has 0 bridgehead atoms. The molecule has 0 spiro atoms. The van der Waals surface area contributed by atoms with Crippen molar-refractivity contribution < 1.29 is 0 Å². The fourth-order valence-electron chi connectivity index (χ4n) is 3.54. The summed E-state index contributed by atoms with van der Waals surface area (Å²) in [4.78, 5) is 0. The van der Waals surface area contributed by atoms with Gasteiger partial charge in [-0.25, -0.2) is 0 Å². The second-order valence-electron chi connectivity index (χ2n) is 6.56. The molecule has 22 heavy (non-hydrogen) atoms. The van der Waals surface area contributed by atoms with Crippen molar-refractivity contribution in [3.8, 4) is 0 Å². The first-order chi connectivity index (χ1) is 10.5. The van der Waals surface area contributed by atoms with Gasteiger partial charge in [0.05, 0.1) is 9.52 Å². The normalized spacial score (nSPS) is 18.4. The van der Waals surface area contributed by atoms with Crippen LogP contribution in [0, 0.1) is 19.8 Å². The Kier molecular flexibility index (Phi) is 4.17. The monoisotopic (exact) mass is 304 g/mol. The van der Waals surface area contributed by atoms with E-state index >= 15 is 0 Å². The van der Waals surface area contributed by atoms with Gasteiger partial charge in [0.15, 0.2) is 0 Å². The van der Waals surface area contributed by atoms with Gasteiger partial charge in [0.2, 0.25) is 0 Å². The number of allylic oxidation sites excluding steroid dienone is 4. The first kappa shape index (κ1) is 15.0. The van der Waals surface area contributed by atoms with Crippen LogP contribution in [0.3, 0.4) is 0 Å². The Hall–Kier alpha value is -1.86. The highest BCUT2D eigenvalue weighted by Crippen LogP contribution is 2.36. The van der Waals surface area contributed by atoms with Crippen molar-refractivity contribution in [3.05, 3.63) is 82.1 Å². The van der Waals surface area contributed by atoms with Crippen LogP contribution in [0.25, 0.3) is 5.57 Å². The van der Waals surface area contributed by atoms with Gasteiger partial charge in [0.1, 0.15) is 0 Å². The molecule has 1 aliphatic rings. The minimum Gasteiger partial charge on any atom is -0.0727 e. The number of rotatable bonds is 3. The fraction of sp³-hybridized carbons (Fsp3) is 0.238. The lowest BCUT2D eigenvalue weighted by Gasteiger charge is -2.11. The van der Waals surface area contributed by atoms with Gasteiger partial charge in [-0.3, -0.25) is 0 Å². The molecule has 0 amide bonds. The highest BCUT2D eigenvalue weighted by Gasteiger charge is 2.22. The lowest BCUT2D eigenvalue weighted by Crippen LogP contribution is -2.18. The maximum Gasteiger partial charge on any atom is 0.0835 e. The number of hydrogen-bond acceptors (Lipinski definition) is 0. The molecule has 0 aromatic heterocycles. The average molecular weight is 305 g/mol. The van der Waals surface area contributed by atoms with Crippen molar-refractivity contribution >= 4 is 20.3 Å². The largest absolute Gasteiger partial charge is 0.0835 e. The summed E-state index contributed by atoms with van der Waals surface area (Å²) in [6.07, 6.45) is 2.47. The molecule has 112 valence electrons. The fourth-order valence-corrected chi connectivity index (χ4v) is 5.39. The van der Waals surface area contributed by atoms with Gasteiger partial charge < -0.3 is 0 Å². The molecule has 1 atom stereocenters. The van der Waals surface area contributed by atoms with E-state index in [0.717, 1.165) is 0 Å². The van der Waals surface area contributed by atoms with Gasteiger partial charge in [-0.1, -0.05) is 83.0 Å². The van der Waals surface area contributed by atoms with Gasteiger partial charge in [-0.05, 0) is 43.4 Å². The molecule has 1 unspecified atom stereocenters. The molecule has 2 aromatic rings. The number of benzene rings is 2. The zero-order valence-electron chi connectivity index (χ0n) is 14.0. The molecule has 0 nitrogen and oxygen atoms in total. The van der Waals surface area contributed by atoms with Crippen LogP contribution in [0.15, 0.2) is 65.4 Å².